The summed E-state index contributed by atoms with van der Waals surface area (Å²) in [7, 11) is 0. The summed E-state index contributed by atoms with van der Waals surface area (Å²) < 4.78 is 14.7. The van der Waals surface area contributed by atoms with Crippen molar-refractivity contribution < 1.29 is 9.50 Å². The van der Waals surface area contributed by atoms with Crippen molar-refractivity contribution in [3.05, 3.63) is 61.3 Å². The Kier molecular flexibility index (Phi) is 3.91. The number of alkyl halides is 1. The molecule has 3 aromatic rings. The van der Waals surface area contributed by atoms with Crippen LogP contribution in [0, 0.1) is 5.92 Å². The van der Waals surface area contributed by atoms with Crippen molar-refractivity contribution in [3.8, 4) is 17.0 Å². The van der Waals surface area contributed by atoms with E-state index in [0.717, 1.165) is 10.8 Å². The number of aromatic nitrogens is 4. The third-order valence-electron chi connectivity index (χ3n) is 5.52. The molecule has 1 saturated heterocycles. The van der Waals surface area contributed by atoms with Gasteiger partial charge >= 0.3 is 0 Å². The van der Waals surface area contributed by atoms with E-state index >= 15 is 0 Å². The molecule has 6 nitrogen and oxygen atoms in total. The fourth-order valence-electron chi connectivity index (χ4n) is 3.99. The Morgan fingerprint density at radius 3 is 2.89 bits per heavy atom. The molecule has 0 radical (unpaired) electrons. The lowest BCUT2D eigenvalue weighted by molar-refractivity contribution is 0.178. The van der Waals surface area contributed by atoms with Crippen molar-refractivity contribution in [3.63, 3.8) is 0 Å². The standard InChI is InChI=1S/C21H18FN5O/c1-11(15-8-14-2-3-17(25-14)20(15)22)21-24-10-18(26-27-21)16-6-12-4-5-23-9-13(12)7-19(16)28/h2-7,9-10,14-15,17,20,25,28H,1,8H2/t14-,15+,17+,20+/m0/s1. The maximum absolute atomic E-state index is 14.7. The van der Waals surface area contributed by atoms with Gasteiger partial charge in [-0.3, -0.25) is 4.98 Å². The van der Waals surface area contributed by atoms with E-state index in [1.807, 2.05) is 24.3 Å². The van der Waals surface area contributed by atoms with E-state index in [1.165, 1.54) is 6.20 Å². The number of nitrogens with zero attached hydrogens (tertiary/aromatic N) is 4. The number of rotatable bonds is 3. The summed E-state index contributed by atoms with van der Waals surface area (Å²) in [6.07, 6.45) is 8.35. The molecule has 4 atom stereocenters. The summed E-state index contributed by atoms with van der Waals surface area (Å²) in [4.78, 5) is 8.40. The van der Waals surface area contributed by atoms with Gasteiger partial charge in [0.25, 0.3) is 0 Å². The largest absolute Gasteiger partial charge is 0.507 e. The number of aromatic hydroxyl groups is 1. The Morgan fingerprint density at radius 1 is 1.18 bits per heavy atom. The highest BCUT2D eigenvalue weighted by atomic mass is 19.1. The molecule has 2 bridgehead atoms. The fraction of sp³-hybridized carbons (Fsp3) is 0.238. The van der Waals surface area contributed by atoms with Crippen LogP contribution < -0.4 is 5.32 Å². The van der Waals surface area contributed by atoms with Gasteiger partial charge in [0, 0.05) is 35.3 Å². The molecule has 28 heavy (non-hydrogen) atoms. The Morgan fingerprint density at radius 2 is 2.07 bits per heavy atom. The lowest BCUT2D eigenvalue weighted by Gasteiger charge is -2.33. The summed E-state index contributed by atoms with van der Waals surface area (Å²) in [5, 5.41) is 23.7. The van der Waals surface area contributed by atoms with Crippen molar-refractivity contribution in [2.24, 2.45) is 5.92 Å². The topological polar surface area (TPSA) is 83.8 Å². The summed E-state index contributed by atoms with van der Waals surface area (Å²) in [5.41, 5.74) is 1.53. The van der Waals surface area contributed by atoms with Gasteiger partial charge in [-0.05, 0) is 35.6 Å². The molecular formula is C21H18FN5O. The number of hydrogen-bond acceptors (Lipinski definition) is 6. The Balaban J connectivity index is 1.43. The van der Waals surface area contributed by atoms with Crippen LogP contribution in [0.25, 0.3) is 27.6 Å². The van der Waals surface area contributed by atoms with Gasteiger partial charge in [-0.25, -0.2) is 9.37 Å². The number of benzene rings is 1. The van der Waals surface area contributed by atoms with Gasteiger partial charge < -0.3 is 10.4 Å². The Hall–Kier alpha value is -3.19. The Bertz CT molecular complexity index is 1100. The average molecular weight is 375 g/mol. The van der Waals surface area contributed by atoms with Crippen LogP contribution in [0.15, 0.2) is 55.5 Å². The van der Waals surface area contributed by atoms with Crippen LogP contribution in [0.5, 0.6) is 5.75 Å². The van der Waals surface area contributed by atoms with Gasteiger partial charge in [0.15, 0.2) is 5.82 Å². The minimum atomic E-state index is -1.07. The van der Waals surface area contributed by atoms with Crippen LogP contribution in [0.3, 0.4) is 0 Å². The first-order valence-electron chi connectivity index (χ1n) is 9.14. The van der Waals surface area contributed by atoms with E-state index in [9.17, 15) is 9.50 Å². The molecular weight excluding hydrogens is 357 g/mol. The number of nitrogens with one attached hydrogen (secondary N) is 1. The second kappa shape index (κ2) is 6.45. The van der Waals surface area contributed by atoms with Crippen LogP contribution in [0.1, 0.15) is 12.2 Å². The molecule has 1 aromatic carbocycles. The van der Waals surface area contributed by atoms with Crippen LogP contribution in [0.2, 0.25) is 0 Å². The van der Waals surface area contributed by atoms with E-state index in [1.54, 1.807) is 18.5 Å². The SMILES string of the molecule is C=C(c1ncc(-c2cc3ccncc3cc2O)nn1)[C@H]1C[C@@H]2C=C[C@@H](N2)[C@@H]1F. The smallest absolute Gasteiger partial charge is 0.177 e. The first-order valence-corrected chi connectivity index (χ1v) is 9.14. The number of hydrogen-bond donors (Lipinski definition) is 2. The van der Waals surface area contributed by atoms with E-state index in [0.29, 0.717) is 29.1 Å². The molecule has 140 valence electrons. The number of phenolic OH excluding ortho intramolecular Hbond substituents is 1. The van der Waals surface area contributed by atoms with E-state index in [2.05, 4.69) is 32.1 Å². The van der Waals surface area contributed by atoms with E-state index < -0.39 is 6.17 Å². The van der Waals surface area contributed by atoms with Crippen molar-refractivity contribution >= 4 is 16.3 Å². The van der Waals surface area contributed by atoms with Crippen molar-refractivity contribution in [1.29, 1.82) is 0 Å². The van der Waals surface area contributed by atoms with Crippen LogP contribution in [-0.2, 0) is 0 Å². The first-order chi connectivity index (χ1) is 13.6. The van der Waals surface area contributed by atoms with Gasteiger partial charge in [0.1, 0.15) is 17.6 Å². The van der Waals surface area contributed by atoms with Gasteiger partial charge in [-0.2, -0.15) is 0 Å². The molecule has 4 heterocycles. The zero-order chi connectivity index (χ0) is 19.3. The fourth-order valence-corrected chi connectivity index (χ4v) is 3.99. The summed E-state index contributed by atoms with van der Waals surface area (Å²) in [6.45, 7) is 4.04. The lowest BCUT2D eigenvalue weighted by atomic mass is 9.84. The van der Waals surface area contributed by atoms with Gasteiger partial charge in [0.05, 0.1) is 12.2 Å². The van der Waals surface area contributed by atoms with Crippen molar-refractivity contribution in [2.45, 2.75) is 24.7 Å². The quantitative estimate of drug-likeness (QED) is 0.685. The minimum absolute atomic E-state index is 0.0769. The van der Waals surface area contributed by atoms with Gasteiger partial charge in [-0.15, -0.1) is 10.2 Å². The molecule has 0 aliphatic carbocycles. The third-order valence-corrected chi connectivity index (χ3v) is 5.52. The van der Waals surface area contributed by atoms with Crippen molar-refractivity contribution in [1.82, 2.24) is 25.5 Å². The number of fused-ring (bicyclic) bond motifs is 3. The van der Waals surface area contributed by atoms with E-state index in [-0.39, 0.29) is 23.8 Å². The summed E-state index contributed by atoms with van der Waals surface area (Å²) in [5.74, 6) is 0.0654. The predicted molar refractivity (Wildman–Crippen MR) is 104 cm³/mol. The van der Waals surface area contributed by atoms with E-state index in [4.69, 9.17) is 0 Å². The molecule has 0 amide bonds. The highest BCUT2D eigenvalue weighted by Gasteiger charge is 2.40. The van der Waals surface area contributed by atoms with Crippen molar-refractivity contribution in [2.75, 3.05) is 0 Å². The molecule has 1 fully saturated rings. The highest BCUT2D eigenvalue weighted by molar-refractivity contribution is 5.89. The Labute approximate surface area is 160 Å². The number of pyridine rings is 1. The van der Waals surface area contributed by atoms with Crippen LogP contribution in [0.4, 0.5) is 4.39 Å². The predicted octanol–water partition coefficient (Wildman–Crippen LogP) is 3.06. The summed E-state index contributed by atoms with van der Waals surface area (Å²) >= 11 is 0. The molecule has 2 aliphatic rings. The second-order valence-electron chi connectivity index (χ2n) is 7.25. The molecule has 5 rings (SSSR count). The first kappa shape index (κ1) is 16.9. The minimum Gasteiger partial charge on any atom is -0.507 e. The molecule has 0 spiro atoms. The van der Waals surface area contributed by atoms with Gasteiger partial charge in [-0.1, -0.05) is 18.7 Å². The van der Waals surface area contributed by atoms with Crippen LogP contribution >= 0.6 is 0 Å². The second-order valence-corrected chi connectivity index (χ2v) is 7.25. The zero-order valence-corrected chi connectivity index (χ0v) is 15.0. The number of piperidine rings is 1. The summed E-state index contributed by atoms with van der Waals surface area (Å²) in [6, 6.07) is 5.19. The number of halogens is 1. The van der Waals surface area contributed by atoms with Gasteiger partial charge in [0.2, 0.25) is 0 Å². The molecule has 2 aromatic heterocycles. The normalized spacial score (nSPS) is 25.9. The molecule has 0 unspecified atom stereocenters. The number of allylic oxidation sites excluding steroid dienone is 1. The average Bonchev–Trinajstić information content (AvgIpc) is 3.13. The lowest BCUT2D eigenvalue weighted by Crippen LogP contribution is -2.47. The van der Waals surface area contributed by atoms with Crippen LogP contribution in [-0.4, -0.2) is 43.5 Å². The number of phenols is 1. The monoisotopic (exact) mass is 375 g/mol. The molecule has 2 N–H and O–H groups in total. The molecule has 0 saturated carbocycles. The zero-order valence-electron chi connectivity index (χ0n) is 15.0. The molecule has 7 heteroatoms. The molecule has 2 aliphatic heterocycles. The third kappa shape index (κ3) is 2.75. The maximum atomic E-state index is 14.7. The highest BCUT2D eigenvalue weighted by Crippen LogP contribution is 2.37. The maximum Gasteiger partial charge on any atom is 0.177 e.